The van der Waals surface area contributed by atoms with Crippen molar-refractivity contribution in [1.29, 1.82) is 0 Å². The summed E-state index contributed by atoms with van der Waals surface area (Å²) in [6.07, 6.45) is 0.590. The van der Waals surface area contributed by atoms with Crippen LogP contribution in [0.4, 0.5) is 0 Å². The number of rotatable bonds is 9. The molecular formula is C22H23IO8. The van der Waals surface area contributed by atoms with Gasteiger partial charge in [-0.3, -0.25) is 4.79 Å². The van der Waals surface area contributed by atoms with Gasteiger partial charge >= 0.3 is 17.9 Å². The van der Waals surface area contributed by atoms with Gasteiger partial charge in [0.15, 0.2) is 0 Å². The number of hydrogen-bond donors (Lipinski definition) is 2. The summed E-state index contributed by atoms with van der Waals surface area (Å²) in [6, 6.07) is 8.32. The second-order valence-electron chi connectivity index (χ2n) is 7.24. The Morgan fingerprint density at radius 1 is 1.06 bits per heavy atom. The molecule has 2 rings (SSSR count). The van der Waals surface area contributed by atoms with Gasteiger partial charge in [0, 0.05) is 6.07 Å². The highest BCUT2D eigenvalue weighted by molar-refractivity contribution is 14.1. The minimum atomic E-state index is -1.03. The molecule has 166 valence electrons. The van der Waals surface area contributed by atoms with Crippen molar-refractivity contribution in [2.75, 3.05) is 13.2 Å². The third-order valence-electron chi connectivity index (χ3n) is 4.59. The Morgan fingerprint density at radius 3 is 2.35 bits per heavy atom. The maximum absolute atomic E-state index is 12.2. The van der Waals surface area contributed by atoms with Crippen molar-refractivity contribution in [3.05, 3.63) is 51.1 Å². The molecule has 0 bridgehead atoms. The second kappa shape index (κ2) is 10.5. The summed E-state index contributed by atoms with van der Waals surface area (Å²) in [5.74, 6) is -2.01. The van der Waals surface area contributed by atoms with Crippen molar-refractivity contribution >= 4 is 40.5 Å². The van der Waals surface area contributed by atoms with Gasteiger partial charge in [0.2, 0.25) is 0 Å². The fraction of sp³-hybridized carbons (Fsp3) is 0.318. The zero-order valence-electron chi connectivity index (χ0n) is 17.3. The van der Waals surface area contributed by atoms with Gasteiger partial charge in [-0.1, -0.05) is 6.92 Å². The van der Waals surface area contributed by atoms with E-state index in [1.165, 1.54) is 36.4 Å². The molecular weight excluding hydrogens is 519 g/mol. The van der Waals surface area contributed by atoms with Crippen molar-refractivity contribution in [2.45, 2.75) is 27.2 Å². The first-order valence-electron chi connectivity index (χ1n) is 9.43. The van der Waals surface area contributed by atoms with Crippen LogP contribution in [0.3, 0.4) is 0 Å². The van der Waals surface area contributed by atoms with E-state index in [0.717, 1.165) is 0 Å². The molecule has 2 N–H and O–H groups in total. The SMILES string of the molecule is CCC(C)(C)C(=O)Oc1ccc(C(=O)OCCOc2ccc(C(=O)O)cc2I)c(O)c1. The molecule has 0 atom stereocenters. The minimum Gasteiger partial charge on any atom is -0.507 e. The number of phenolic OH excluding ortho intramolecular Hbond substituents is 1. The van der Waals surface area contributed by atoms with E-state index in [2.05, 4.69) is 0 Å². The third-order valence-corrected chi connectivity index (χ3v) is 5.43. The number of aromatic hydroxyl groups is 1. The maximum Gasteiger partial charge on any atom is 0.342 e. The van der Waals surface area contributed by atoms with Gasteiger partial charge < -0.3 is 24.4 Å². The quantitative estimate of drug-likeness (QED) is 0.209. The van der Waals surface area contributed by atoms with E-state index in [0.29, 0.717) is 15.7 Å². The summed E-state index contributed by atoms with van der Waals surface area (Å²) >= 11 is 1.95. The Bertz CT molecular complexity index is 983. The van der Waals surface area contributed by atoms with Crippen molar-refractivity contribution in [2.24, 2.45) is 5.41 Å². The summed E-state index contributed by atoms with van der Waals surface area (Å²) < 4.78 is 16.5. The van der Waals surface area contributed by atoms with Crippen LogP contribution in [0.1, 0.15) is 47.9 Å². The first-order valence-corrected chi connectivity index (χ1v) is 10.5. The number of halogens is 1. The molecule has 0 aliphatic heterocycles. The Hall–Kier alpha value is -2.82. The molecule has 0 amide bonds. The monoisotopic (exact) mass is 542 g/mol. The highest BCUT2D eigenvalue weighted by Crippen LogP contribution is 2.28. The van der Waals surface area contributed by atoms with E-state index in [9.17, 15) is 19.5 Å². The Morgan fingerprint density at radius 2 is 1.77 bits per heavy atom. The average molecular weight is 542 g/mol. The highest BCUT2D eigenvalue weighted by Gasteiger charge is 2.28. The predicted molar refractivity (Wildman–Crippen MR) is 120 cm³/mol. The van der Waals surface area contributed by atoms with Gasteiger partial charge in [0.1, 0.15) is 36.0 Å². The molecule has 0 aliphatic carbocycles. The highest BCUT2D eigenvalue weighted by atomic mass is 127. The Kier molecular flexibility index (Phi) is 8.26. The molecule has 0 aromatic heterocycles. The number of aromatic carboxylic acids is 1. The fourth-order valence-electron chi connectivity index (χ4n) is 2.25. The molecule has 8 nitrogen and oxygen atoms in total. The topological polar surface area (TPSA) is 119 Å². The lowest BCUT2D eigenvalue weighted by molar-refractivity contribution is -0.144. The molecule has 31 heavy (non-hydrogen) atoms. The first-order chi connectivity index (χ1) is 14.5. The summed E-state index contributed by atoms with van der Waals surface area (Å²) in [5, 5.41) is 19.1. The van der Waals surface area contributed by atoms with Crippen LogP contribution >= 0.6 is 22.6 Å². The van der Waals surface area contributed by atoms with Crippen molar-refractivity contribution in [1.82, 2.24) is 0 Å². The minimum absolute atomic E-state index is 0.0384. The number of carbonyl (C=O) groups is 3. The molecule has 0 radical (unpaired) electrons. The lowest BCUT2D eigenvalue weighted by atomic mass is 9.91. The fourth-order valence-corrected chi connectivity index (χ4v) is 2.92. The molecule has 2 aromatic carbocycles. The Balaban J connectivity index is 1.90. The van der Waals surface area contributed by atoms with Crippen LogP contribution in [0.15, 0.2) is 36.4 Å². The van der Waals surface area contributed by atoms with E-state index >= 15 is 0 Å². The number of carboxylic acid groups (broad SMARTS) is 1. The number of ether oxygens (including phenoxy) is 3. The van der Waals surface area contributed by atoms with E-state index in [1.807, 2.05) is 29.5 Å². The summed E-state index contributed by atoms with van der Waals surface area (Å²) in [4.78, 5) is 35.3. The van der Waals surface area contributed by atoms with Gasteiger partial charge in [-0.15, -0.1) is 0 Å². The number of hydrogen-bond acceptors (Lipinski definition) is 7. The van der Waals surface area contributed by atoms with Crippen LogP contribution in [0, 0.1) is 8.99 Å². The van der Waals surface area contributed by atoms with Gasteiger partial charge in [-0.25, -0.2) is 9.59 Å². The molecule has 0 saturated carbocycles. The van der Waals surface area contributed by atoms with E-state index in [1.54, 1.807) is 13.8 Å². The third kappa shape index (κ3) is 6.58. The molecule has 0 saturated heterocycles. The number of phenols is 1. The summed E-state index contributed by atoms with van der Waals surface area (Å²) in [7, 11) is 0. The van der Waals surface area contributed by atoms with Crippen LogP contribution in [0.25, 0.3) is 0 Å². The molecule has 0 spiro atoms. The number of carbonyl (C=O) groups excluding carboxylic acids is 2. The van der Waals surface area contributed by atoms with E-state index < -0.39 is 23.3 Å². The van der Waals surface area contributed by atoms with E-state index in [4.69, 9.17) is 19.3 Å². The molecule has 2 aromatic rings. The number of carboxylic acids is 1. The molecule has 9 heteroatoms. The van der Waals surface area contributed by atoms with Crippen LogP contribution in [0.5, 0.6) is 17.2 Å². The molecule has 0 heterocycles. The van der Waals surface area contributed by atoms with Gasteiger partial charge in [0.05, 0.1) is 14.5 Å². The number of benzene rings is 2. The van der Waals surface area contributed by atoms with Crippen molar-refractivity contribution in [3.63, 3.8) is 0 Å². The first kappa shape index (κ1) is 24.4. The molecule has 0 aliphatic rings. The lowest BCUT2D eigenvalue weighted by Crippen LogP contribution is -2.28. The van der Waals surface area contributed by atoms with Crippen LogP contribution in [-0.4, -0.2) is 41.3 Å². The van der Waals surface area contributed by atoms with Gasteiger partial charge in [-0.05, 0) is 73.2 Å². The van der Waals surface area contributed by atoms with Crippen molar-refractivity contribution < 1.29 is 38.8 Å². The van der Waals surface area contributed by atoms with Crippen LogP contribution in [0.2, 0.25) is 0 Å². The Labute approximate surface area is 193 Å². The largest absolute Gasteiger partial charge is 0.507 e. The van der Waals surface area contributed by atoms with Crippen molar-refractivity contribution in [3.8, 4) is 17.2 Å². The normalized spacial score (nSPS) is 11.0. The standard InChI is InChI=1S/C22H23IO8/c1-4-22(2,3)21(28)31-14-6-7-15(17(24)12-14)20(27)30-10-9-29-18-8-5-13(19(25)26)11-16(18)23/h5-8,11-12,24H,4,9-10H2,1-3H3,(H,25,26). The average Bonchev–Trinajstić information content (AvgIpc) is 2.71. The molecule has 0 unspecified atom stereocenters. The zero-order chi connectivity index (χ0) is 23.2. The predicted octanol–water partition coefficient (Wildman–Crippen LogP) is 4.27. The van der Waals surface area contributed by atoms with Crippen LogP contribution in [-0.2, 0) is 9.53 Å². The summed E-state index contributed by atoms with van der Waals surface area (Å²) in [6.45, 7) is 5.33. The van der Waals surface area contributed by atoms with Gasteiger partial charge in [0.25, 0.3) is 0 Å². The zero-order valence-corrected chi connectivity index (χ0v) is 19.5. The number of esters is 2. The maximum atomic E-state index is 12.2. The molecule has 0 fully saturated rings. The smallest absolute Gasteiger partial charge is 0.342 e. The van der Waals surface area contributed by atoms with Crippen LogP contribution < -0.4 is 9.47 Å². The summed E-state index contributed by atoms with van der Waals surface area (Å²) in [5.41, 5.74) is -0.597. The van der Waals surface area contributed by atoms with E-state index in [-0.39, 0.29) is 35.8 Å². The van der Waals surface area contributed by atoms with Gasteiger partial charge in [-0.2, -0.15) is 0 Å². The second-order valence-corrected chi connectivity index (χ2v) is 8.40. The lowest BCUT2D eigenvalue weighted by Gasteiger charge is -2.20.